The quantitative estimate of drug-likeness (QED) is 0.187. The van der Waals surface area contributed by atoms with E-state index in [9.17, 15) is 0 Å². The zero-order valence-corrected chi connectivity index (χ0v) is 21.3. The highest BCUT2D eigenvalue weighted by molar-refractivity contribution is 6.58. The third-order valence-corrected chi connectivity index (χ3v) is 7.33. The Labute approximate surface area is 231 Å². The van der Waals surface area contributed by atoms with Crippen molar-refractivity contribution in [1.82, 2.24) is 9.55 Å². The molecule has 0 aliphatic rings. The number of benzene rings is 6. The van der Waals surface area contributed by atoms with Gasteiger partial charge >= 0.3 is 0 Å². The lowest BCUT2D eigenvalue weighted by molar-refractivity contribution is 0.939. The van der Waals surface area contributed by atoms with Crippen molar-refractivity contribution >= 4 is 56.1 Å². The molecule has 7 rings (SSSR count). The number of fused-ring (bicyclic) bond motifs is 3. The lowest BCUT2D eigenvalue weighted by Gasteiger charge is -2.25. The topological polar surface area (TPSA) is 17.8 Å². The summed E-state index contributed by atoms with van der Waals surface area (Å²) in [4.78, 5) is 4.79. The maximum absolute atomic E-state index is 6.31. The van der Waals surface area contributed by atoms with Crippen molar-refractivity contribution in [2.45, 2.75) is 5.11 Å². The summed E-state index contributed by atoms with van der Waals surface area (Å²) in [6.45, 7) is 0. The van der Waals surface area contributed by atoms with Crippen molar-refractivity contribution in [1.29, 1.82) is 0 Å². The van der Waals surface area contributed by atoms with Crippen LogP contribution in [0.5, 0.6) is 0 Å². The first kappa shape index (κ1) is 23.6. The van der Waals surface area contributed by atoms with Gasteiger partial charge in [0.1, 0.15) is 0 Å². The molecule has 0 unspecified atom stereocenters. The molecule has 7 aromatic rings. The van der Waals surface area contributed by atoms with Crippen LogP contribution < -0.4 is 0 Å². The summed E-state index contributed by atoms with van der Waals surface area (Å²) >= 11 is 0. The predicted molar refractivity (Wildman–Crippen MR) is 166 cm³/mol. The normalized spacial score (nSPS) is 11.9. The summed E-state index contributed by atoms with van der Waals surface area (Å²) in [6.07, 6.45) is 0. The van der Waals surface area contributed by atoms with E-state index in [1.54, 1.807) is 0 Å². The molecule has 0 spiro atoms. The first-order chi connectivity index (χ1) is 19.0. The number of rotatable bonds is 4. The number of aromatic nitrogens is 2. The molecule has 5 heteroatoms. The fraction of sp³-hybridized carbons (Fsp3) is 0.0294. The third-order valence-electron chi connectivity index (χ3n) is 7.33. The van der Waals surface area contributed by atoms with E-state index in [0.717, 1.165) is 43.8 Å². The lowest BCUT2D eigenvalue weighted by atomic mass is 9.42. The van der Waals surface area contributed by atoms with Gasteiger partial charge in [-0.2, -0.15) is 0 Å². The number of nitrogens with zero attached hydrogens (tertiary/aromatic N) is 2. The third kappa shape index (κ3) is 3.89. The molecular weight excluding hydrogens is 469 g/mol. The van der Waals surface area contributed by atoms with Crippen LogP contribution in [-0.2, 0) is 5.11 Å². The molecule has 1 aromatic heterocycles. The summed E-state index contributed by atoms with van der Waals surface area (Å²) in [5, 5.41) is 2.73. The summed E-state index contributed by atoms with van der Waals surface area (Å²) < 4.78 is 2.03. The van der Waals surface area contributed by atoms with Gasteiger partial charge < -0.3 is 0 Å². The van der Waals surface area contributed by atoms with Crippen LogP contribution in [0.15, 0.2) is 127 Å². The Hall–Kier alpha value is -4.50. The molecule has 6 aromatic carbocycles. The minimum absolute atomic E-state index is 0.401. The number of hydrogen-bond acceptors (Lipinski definition) is 1. The highest BCUT2D eigenvalue weighted by Crippen LogP contribution is 2.43. The molecular formula is C34H21B3N2. The molecule has 6 radical (unpaired) electrons. The Morgan fingerprint density at radius 2 is 1.05 bits per heavy atom. The van der Waals surface area contributed by atoms with Gasteiger partial charge in [0, 0.05) is 10.8 Å². The molecule has 0 amide bonds. The first-order valence-corrected chi connectivity index (χ1v) is 12.9. The van der Waals surface area contributed by atoms with E-state index in [2.05, 4.69) is 97.1 Å². The van der Waals surface area contributed by atoms with E-state index in [0.29, 0.717) is 5.82 Å². The van der Waals surface area contributed by atoms with Crippen LogP contribution in [0.25, 0.3) is 60.5 Å². The largest absolute Gasteiger partial charge is 0.296 e. The average molecular weight is 490 g/mol. The molecule has 0 saturated heterocycles. The number of hydrogen-bond donors (Lipinski definition) is 0. The van der Waals surface area contributed by atoms with Crippen LogP contribution in [0.1, 0.15) is 5.82 Å². The molecule has 0 N–H and O–H groups in total. The molecule has 39 heavy (non-hydrogen) atoms. The molecule has 0 saturated carbocycles. The van der Waals surface area contributed by atoms with Crippen molar-refractivity contribution in [2.24, 2.45) is 0 Å². The van der Waals surface area contributed by atoms with Crippen molar-refractivity contribution in [3.63, 3.8) is 0 Å². The van der Waals surface area contributed by atoms with Crippen molar-refractivity contribution < 1.29 is 0 Å². The number of imidazole rings is 1. The maximum atomic E-state index is 6.31. The van der Waals surface area contributed by atoms with Gasteiger partial charge in [0.2, 0.25) is 0 Å². The van der Waals surface area contributed by atoms with Crippen LogP contribution in [-0.4, -0.2) is 33.1 Å². The zero-order valence-electron chi connectivity index (χ0n) is 21.3. The Morgan fingerprint density at radius 1 is 0.513 bits per heavy atom. The highest BCUT2D eigenvalue weighted by Gasteiger charge is 2.25. The number of para-hydroxylation sites is 2. The van der Waals surface area contributed by atoms with E-state index >= 15 is 0 Å². The van der Waals surface area contributed by atoms with Crippen LogP contribution in [0.3, 0.4) is 0 Å². The van der Waals surface area contributed by atoms with Crippen LogP contribution in [0.2, 0.25) is 0 Å². The van der Waals surface area contributed by atoms with Gasteiger partial charge in [-0.15, -0.1) is 0 Å². The van der Waals surface area contributed by atoms with E-state index < -0.39 is 5.11 Å². The fourth-order valence-corrected chi connectivity index (χ4v) is 5.68. The minimum atomic E-state index is -1.64. The van der Waals surface area contributed by atoms with Crippen LogP contribution in [0, 0.1) is 0 Å². The van der Waals surface area contributed by atoms with Crippen LogP contribution >= 0.6 is 0 Å². The second kappa shape index (κ2) is 9.06. The molecule has 0 bridgehead atoms. The smallest absolute Gasteiger partial charge is 0.0951 e. The maximum Gasteiger partial charge on any atom is 0.0951 e. The van der Waals surface area contributed by atoms with Gasteiger partial charge in [-0.3, -0.25) is 4.57 Å². The van der Waals surface area contributed by atoms with Gasteiger partial charge in [0.15, 0.2) is 0 Å². The molecule has 176 valence electrons. The molecule has 0 aliphatic carbocycles. The monoisotopic (exact) mass is 490 g/mol. The van der Waals surface area contributed by atoms with Crippen molar-refractivity contribution in [3.8, 4) is 27.9 Å². The lowest BCUT2D eigenvalue weighted by Crippen LogP contribution is -2.31. The summed E-state index contributed by atoms with van der Waals surface area (Å²) in [5.41, 5.74) is 7.32. The highest BCUT2D eigenvalue weighted by atomic mass is 15.1. The Bertz CT molecular complexity index is 1950. The summed E-state index contributed by atoms with van der Waals surface area (Å²) in [7, 11) is 18.9. The Morgan fingerprint density at radius 3 is 1.72 bits per heavy atom. The van der Waals surface area contributed by atoms with Crippen LogP contribution in [0.4, 0.5) is 0 Å². The summed E-state index contributed by atoms with van der Waals surface area (Å²) in [6, 6.07) is 44.0. The van der Waals surface area contributed by atoms with E-state index in [1.165, 1.54) is 16.7 Å². The second-order valence-electron chi connectivity index (χ2n) is 9.95. The van der Waals surface area contributed by atoms with Crippen molar-refractivity contribution in [2.75, 3.05) is 0 Å². The Kier molecular flexibility index (Phi) is 5.49. The second-order valence-corrected chi connectivity index (χ2v) is 9.95. The van der Waals surface area contributed by atoms with Crippen molar-refractivity contribution in [3.05, 3.63) is 133 Å². The molecule has 0 atom stereocenters. The van der Waals surface area contributed by atoms with Gasteiger partial charge in [0.05, 0.1) is 46.1 Å². The van der Waals surface area contributed by atoms with E-state index in [4.69, 9.17) is 28.5 Å². The standard InChI is InChI=1S/C34H21B3N2/c35-34(36,37)33-38-29-19-8-9-20-30(29)39(33)32-27-17-6-4-15-25(27)31(26-16-5-7-18-28(26)32)24-14-10-13-23(21-24)22-11-2-1-3-12-22/h1-21H. The zero-order chi connectivity index (χ0) is 26.6. The molecule has 2 nitrogen and oxygen atoms in total. The molecule has 0 fully saturated rings. The van der Waals surface area contributed by atoms with E-state index in [1.807, 2.05) is 34.9 Å². The minimum Gasteiger partial charge on any atom is -0.296 e. The average Bonchev–Trinajstić information content (AvgIpc) is 3.36. The Balaban J connectivity index is 1.62. The molecule has 1 heterocycles. The molecule has 0 aliphatic heterocycles. The van der Waals surface area contributed by atoms with E-state index in [-0.39, 0.29) is 0 Å². The fourth-order valence-electron chi connectivity index (χ4n) is 5.68. The van der Waals surface area contributed by atoms with Gasteiger partial charge in [-0.1, -0.05) is 114 Å². The SMILES string of the molecule is [B]C([B])([B])c1nc2ccccc2n1-c1c2ccccc2c(-c2cccc(-c3ccccc3)c2)c2ccccc12. The predicted octanol–water partition coefficient (Wildman–Crippen LogP) is 7.28. The van der Waals surface area contributed by atoms with Gasteiger partial charge in [0.25, 0.3) is 0 Å². The van der Waals surface area contributed by atoms with Gasteiger partial charge in [-0.05, 0) is 51.2 Å². The first-order valence-electron chi connectivity index (χ1n) is 12.9. The van der Waals surface area contributed by atoms with Gasteiger partial charge in [-0.25, -0.2) is 4.98 Å². The summed E-state index contributed by atoms with van der Waals surface area (Å²) in [5.74, 6) is 0.401.